The molecule has 0 atom stereocenters. The highest BCUT2D eigenvalue weighted by atomic mass is 19.3. The van der Waals surface area contributed by atoms with Crippen molar-refractivity contribution in [3.63, 3.8) is 0 Å². The molecule has 0 bridgehead atoms. The minimum absolute atomic E-state index is 0.0484. The number of alkyl halides is 2. The molecule has 0 saturated heterocycles. The molecule has 0 aliphatic heterocycles. The van der Waals surface area contributed by atoms with Crippen molar-refractivity contribution in [3.05, 3.63) is 58.2 Å². The number of hydrogen-bond acceptors (Lipinski definition) is 3. The maximum atomic E-state index is 13.7. The molecular weight excluding hydrogens is 356 g/mol. The van der Waals surface area contributed by atoms with Crippen molar-refractivity contribution < 1.29 is 41.4 Å². The molecule has 2 rings (SSSR count). The maximum Gasteiger partial charge on any atom is 0.339 e. The van der Waals surface area contributed by atoms with Crippen molar-refractivity contribution in [3.8, 4) is 5.75 Å². The smallest absolute Gasteiger partial charge is 0.339 e. The third-order valence-corrected chi connectivity index (χ3v) is 3.30. The number of aromatic carboxylic acids is 1. The van der Waals surface area contributed by atoms with Crippen LogP contribution in [0.15, 0.2) is 18.2 Å². The summed E-state index contributed by atoms with van der Waals surface area (Å²) in [5.41, 5.74) is -3.76. The lowest BCUT2D eigenvalue weighted by Gasteiger charge is -2.13. The topological polar surface area (TPSA) is 69.6 Å². The van der Waals surface area contributed by atoms with E-state index in [2.05, 4.69) is 5.32 Å². The first kappa shape index (κ1) is 18.4. The number of anilines is 1. The fourth-order valence-electron chi connectivity index (χ4n) is 2.05. The van der Waals surface area contributed by atoms with Crippen LogP contribution in [-0.2, 0) is 6.54 Å². The van der Waals surface area contributed by atoms with Crippen LogP contribution in [0.2, 0.25) is 0 Å². The summed E-state index contributed by atoms with van der Waals surface area (Å²) in [6, 6.07) is 3.02. The van der Waals surface area contributed by atoms with Crippen LogP contribution in [0.4, 0.5) is 32.0 Å². The number of phenols is 1. The lowest BCUT2D eigenvalue weighted by molar-refractivity contribution is 0.0693. The molecule has 0 aliphatic rings. The summed E-state index contributed by atoms with van der Waals surface area (Å²) in [4.78, 5) is 10.9. The Morgan fingerprint density at radius 3 is 2.08 bits per heavy atom. The monoisotopic (exact) mass is 365 g/mol. The first-order chi connectivity index (χ1) is 11.6. The zero-order valence-corrected chi connectivity index (χ0v) is 12.1. The Bertz CT molecular complexity index is 811. The molecule has 0 aliphatic carbocycles. The highest BCUT2D eigenvalue weighted by molar-refractivity contribution is 5.92. The summed E-state index contributed by atoms with van der Waals surface area (Å²) in [5, 5.41) is 20.5. The summed E-state index contributed by atoms with van der Waals surface area (Å²) in [7, 11) is 0. The van der Waals surface area contributed by atoms with Crippen molar-refractivity contribution in [2.75, 3.05) is 5.32 Å². The largest absolute Gasteiger partial charge is 0.507 e. The molecule has 0 spiro atoms. The second kappa shape index (κ2) is 6.91. The van der Waals surface area contributed by atoms with Gasteiger partial charge in [-0.3, -0.25) is 0 Å². The van der Waals surface area contributed by atoms with E-state index in [-0.39, 0.29) is 5.69 Å². The predicted molar refractivity (Wildman–Crippen MR) is 73.6 cm³/mol. The molecular formula is C15H9F6NO3. The molecule has 0 amide bonds. The highest BCUT2D eigenvalue weighted by Gasteiger charge is 2.29. The molecule has 25 heavy (non-hydrogen) atoms. The first-order valence-electron chi connectivity index (χ1n) is 6.58. The van der Waals surface area contributed by atoms with E-state index in [0.29, 0.717) is 0 Å². The van der Waals surface area contributed by atoms with E-state index >= 15 is 0 Å². The average Bonchev–Trinajstić information content (AvgIpc) is 2.54. The van der Waals surface area contributed by atoms with Crippen LogP contribution in [0.25, 0.3) is 0 Å². The zero-order chi connectivity index (χ0) is 18.9. The molecule has 4 nitrogen and oxygen atoms in total. The Hall–Kier alpha value is -2.91. The summed E-state index contributed by atoms with van der Waals surface area (Å²) in [6.07, 6.45) is -3.75. The fourth-order valence-corrected chi connectivity index (χ4v) is 2.05. The van der Waals surface area contributed by atoms with Gasteiger partial charge in [-0.2, -0.15) is 0 Å². The van der Waals surface area contributed by atoms with E-state index < -0.39 is 64.6 Å². The highest BCUT2D eigenvalue weighted by Crippen LogP contribution is 2.31. The predicted octanol–water partition coefficient (Wildman–Crippen LogP) is 4.20. The molecule has 0 fully saturated rings. The second-order valence-electron chi connectivity index (χ2n) is 4.84. The molecule has 2 aromatic carbocycles. The number of rotatable bonds is 5. The van der Waals surface area contributed by atoms with Crippen LogP contribution in [0.1, 0.15) is 27.9 Å². The van der Waals surface area contributed by atoms with Crippen molar-refractivity contribution in [1.82, 2.24) is 0 Å². The van der Waals surface area contributed by atoms with Gasteiger partial charge in [0.05, 0.1) is 5.56 Å². The van der Waals surface area contributed by atoms with Gasteiger partial charge >= 0.3 is 5.97 Å². The molecule has 0 heterocycles. The van der Waals surface area contributed by atoms with E-state index in [1.54, 1.807) is 0 Å². The number of aromatic hydroxyl groups is 1. The third kappa shape index (κ3) is 3.47. The Morgan fingerprint density at radius 1 is 1.04 bits per heavy atom. The molecule has 0 radical (unpaired) electrons. The van der Waals surface area contributed by atoms with Gasteiger partial charge in [0.25, 0.3) is 6.43 Å². The standard InChI is InChI=1S/C15H9F6NO3/c16-10-7(11(17)13(19)9(12(10)18)14(20)21)4-22-5-1-2-8(23)6(3-5)15(24)25/h1-3,14,22-23H,4H2,(H,24,25). The van der Waals surface area contributed by atoms with Gasteiger partial charge < -0.3 is 15.5 Å². The quantitative estimate of drug-likeness (QED) is 0.422. The van der Waals surface area contributed by atoms with E-state index in [1.807, 2.05) is 0 Å². The lowest BCUT2D eigenvalue weighted by atomic mass is 10.1. The van der Waals surface area contributed by atoms with Crippen LogP contribution < -0.4 is 5.32 Å². The number of carboxylic acids is 1. The van der Waals surface area contributed by atoms with E-state index in [1.165, 1.54) is 0 Å². The average molecular weight is 365 g/mol. The van der Waals surface area contributed by atoms with Gasteiger partial charge in [0.1, 0.15) is 11.3 Å². The summed E-state index contributed by atoms with van der Waals surface area (Å²) in [5.74, 6) is -10.5. The van der Waals surface area contributed by atoms with Gasteiger partial charge in [0.15, 0.2) is 23.3 Å². The molecule has 0 unspecified atom stereocenters. The van der Waals surface area contributed by atoms with E-state index in [0.717, 1.165) is 18.2 Å². The molecule has 0 saturated carbocycles. The van der Waals surface area contributed by atoms with Gasteiger partial charge in [0, 0.05) is 17.8 Å². The number of halogens is 6. The maximum absolute atomic E-state index is 13.7. The molecule has 3 N–H and O–H groups in total. The van der Waals surface area contributed by atoms with Gasteiger partial charge in [-0.15, -0.1) is 0 Å². The number of hydrogen-bond donors (Lipinski definition) is 3. The Labute approximate surface area is 136 Å². The van der Waals surface area contributed by atoms with Crippen molar-refractivity contribution in [1.29, 1.82) is 0 Å². The van der Waals surface area contributed by atoms with Crippen molar-refractivity contribution in [2.24, 2.45) is 0 Å². The molecule has 10 heteroatoms. The summed E-state index contributed by atoms with van der Waals surface area (Å²) < 4.78 is 79.5. The number of carboxylic acid groups (broad SMARTS) is 1. The number of benzene rings is 2. The molecule has 134 valence electrons. The van der Waals surface area contributed by atoms with Crippen LogP contribution in [0.3, 0.4) is 0 Å². The van der Waals surface area contributed by atoms with E-state index in [4.69, 9.17) is 5.11 Å². The Morgan fingerprint density at radius 2 is 1.60 bits per heavy atom. The van der Waals surface area contributed by atoms with Gasteiger partial charge in [-0.1, -0.05) is 0 Å². The van der Waals surface area contributed by atoms with Crippen molar-refractivity contribution >= 4 is 11.7 Å². The normalized spacial score (nSPS) is 11.0. The van der Waals surface area contributed by atoms with E-state index in [9.17, 15) is 36.2 Å². The Kier molecular flexibility index (Phi) is 5.10. The van der Waals surface area contributed by atoms with Crippen molar-refractivity contribution in [2.45, 2.75) is 13.0 Å². The van der Waals surface area contributed by atoms with Gasteiger partial charge in [0.2, 0.25) is 0 Å². The second-order valence-corrected chi connectivity index (χ2v) is 4.84. The lowest BCUT2D eigenvalue weighted by Crippen LogP contribution is -2.12. The molecule has 2 aromatic rings. The number of carbonyl (C=O) groups is 1. The number of nitrogens with one attached hydrogen (secondary N) is 1. The Balaban J connectivity index is 2.36. The van der Waals surface area contributed by atoms with Gasteiger partial charge in [-0.05, 0) is 18.2 Å². The van der Waals surface area contributed by atoms with Gasteiger partial charge in [-0.25, -0.2) is 31.1 Å². The SMILES string of the molecule is O=C(O)c1cc(NCc2c(F)c(F)c(C(F)F)c(F)c2F)ccc1O. The third-order valence-electron chi connectivity index (χ3n) is 3.30. The van der Waals surface area contributed by atoms with Crippen LogP contribution >= 0.6 is 0 Å². The van der Waals surface area contributed by atoms with Crippen LogP contribution in [0, 0.1) is 23.3 Å². The van der Waals surface area contributed by atoms with Crippen LogP contribution in [-0.4, -0.2) is 16.2 Å². The zero-order valence-electron chi connectivity index (χ0n) is 12.1. The fraction of sp³-hybridized carbons (Fsp3) is 0.133. The minimum Gasteiger partial charge on any atom is -0.507 e. The molecule has 0 aromatic heterocycles. The first-order valence-corrected chi connectivity index (χ1v) is 6.58. The minimum atomic E-state index is -3.75. The summed E-state index contributed by atoms with van der Waals surface area (Å²) >= 11 is 0. The van der Waals surface area contributed by atoms with Crippen LogP contribution in [0.5, 0.6) is 5.75 Å². The summed E-state index contributed by atoms with van der Waals surface area (Å²) in [6.45, 7) is -0.862.